The molecule has 1 heterocycles. The normalized spacial score (nSPS) is 31.5. The first-order valence-corrected chi connectivity index (χ1v) is 5.41. The zero-order chi connectivity index (χ0) is 10.8. The number of nitrogens with one attached hydrogen (secondary N) is 1. The third-order valence-electron chi connectivity index (χ3n) is 2.71. The van der Waals surface area contributed by atoms with E-state index in [1.165, 1.54) is 0 Å². The van der Waals surface area contributed by atoms with Gasteiger partial charge in [-0.2, -0.15) is 0 Å². The van der Waals surface area contributed by atoms with Gasteiger partial charge in [-0.3, -0.25) is 0 Å². The maximum atomic E-state index is 9.93. The Kier molecular flexibility index (Phi) is 3.93. The van der Waals surface area contributed by atoms with Crippen LogP contribution < -0.4 is 5.32 Å². The third-order valence-corrected chi connectivity index (χ3v) is 2.71. The Morgan fingerprint density at radius 1 is 1.43 bits per heavy atom. The van der Waals surface area contributed by atoms with Gasteiger partial charge in [0.2, 0.25) is 0 Å². The summed E-state index contributed by atoms with van der Waals surface area (Å²) in [6.45, 7) is 9.79. The SMILES string of the molecule is CC1COCC(CC(O)C(C)(C)C)N1. The van der Waals surface area contributed by atoms with E-state index in [1.54, 1.807) is 0 Å². The molecule has 1 fully saturated rings. The largest absolute Gasteiger partial charge is 0.393 e. The number of hydrogen-bond acceptors (Lipinski definition) is 3. The van der Waals surface area contributed by atoms with Crippen LogP contribution in [0.15, 0.2) is 0 Å². The molecule has 0 aliphatic carbocycles. The molecule has 84 valence electrons. The summed E-state index contributed by atoms with van der Waals surface area (Å²) in [6.07, 6.45) is 0.502. The molecule has 0 aromatic rings. The van der Waals surface area contributed by atoms with Gasteiger partial charge >= 0.3 is 0 Å². The Morgan fingerprint density at radius 3 is 2.57 bits per heavy atom. The summed E-state index contributed by atoms with van der Waals surface area (Å²) in [6, 6.07) is 0.703. The van der Waals surface area contributed by atoms with E-state index in [4.69, 9.17) is 4.74 Å². The molecule has 0 saturated carbocycles. The molecular formula is C11H23NO2. The highest BCUT2D eigenvalue weighted by Crippen LogP contribution is 2.23. The number of aliphatic hydroxyl groups excluding tert-OH is 1. The average molecular weight is 201 g/mol. The molecule has 14 heavy (non-hydrogen) atoms. The predicted molar refractivity (Wildman–Crippen MR) is 57.3 cm³/mol. The van der Waals surface area contributed by atoms with Gasteiger partial charge in [0.1, 0.15) is 0 Å². The van der Waals surface area contributed by atoms with Crippen LogP contribution in [0.1, 0.15) is 34.1 Å². The van der Waals surface area contributed by atoms with Crippen molar-refractivity contribution in [1.82, 2.24) is 5.32 Å². The second kappa shape index (κ2) is 4.60. The maximum Gasteiger partial charge on any atom is 0.0621 e. The summed E-state index contributed by atoms with van der Waals surface area (Å²) >= 11 is 0. The highest BCUT2D eigenvalue weighted by molar-refractivity contribution is 4.82. The fraction of sp³-hybridized carbons (Fsp3) is 1.00. The molecule has 0 aromatic heterocycles. The van der Waals surface area contributed by atoms with Crippen molar-refractivity contribution in [3.63, 3.8) is 0 Å². The first-order chi connectivity index (χ1) is 6.39. The molecule has 3 atom stereocenters. The summed E-state index contributed by atoms with van der Waals surface area (Å²) in [5, 5.41) is 13.4. The molecule has 1 saturated heterocycles. The highest BCUT2D eigenvalue weighted by Gasteiger charge is 2.27. The highest BCUT2D eigenvalue weighted by atomic mass is 16.5. The first-order valence-electron chi connectivity index (χ1n) is 5.41. The lowest BCUT2D eigenvalue weighted by Crippen LogP contribution is -2.49. The predicted octanol–water partition coefficient (Wildman–Crippen LogP) is 1.16. The summed E-state index contributed by atoms with van der Waals surface area (Å²) in [5.41, 5.74) is -0.0393. The molecule has 0 aromatic carbocycles. The van der Waals surface area contributed by atoms with Crippen molar-refractivity contribution < 1.29 is 9.84 Å². The zero-order valence-electron chi connectivity index (χ0n) is 9.71. The molecule has 0 amide bonds. The quantitative estimate of drug-likeness (QED) is 0.704. The molecule has 0 radical (unpaired) electrons. The van der Waals surface area contributed by atoms with E-state index in [9.17, 15) is 5.11 Å². The number of morpholine rings is 1. The van der Waals surface area contributed by atoms with Gasteiger partial charge in [-0.1, -0.05) is 20.8 Å². The lowest BCUT2D eigenvalue weighted by Gasteiger charge is -2.34. The van der Waals surface area contributed by atoms with Crippen LogP contribution in [-0.2, 0) is 4.74 Å². The Hall–Kier alpha value is -0.120. The van der Waals surface area contributed by atoms with E-state index in [2.05, 4.69) is 33.0 Å². The van der Waals surface area contributed by atoms with E-state index < -0.39 is 0 Å². The Balaban J connectivity index is 2.36. The van der Waals surface area contributed by atoms with Gasteiger partial charge in [-0.05, 0) is 18.8 Å². The summed E-state index contributed by atoms with van der Waals surface area (Å²) < 4.78 is 5.43. The van der Waals surface area contributed by atoms with Crippen LogP contribution in [0, 0.1) is 5.41 Å². The minimum Gasteiger partial charge on any atom is -0.393 e. The minimum atomic E-state index is -0.270. The van der Waals surface area contributed by atoms with Crippen LogP contribution in [0.4, 0.5) is 0 Å². The molecule has 3 unspecified atom stereocenters. The summed E-state index contributed by atoms with van der Waals surface area (Å²) in [7, 11) is 0. The lowest BCUT2D eigenvalue weighted by molar-refractivity contribution is 0.00235. The van der Waals surface area contributed by atoms with Crippen molar-refractivity contribution in [1.29, 1.82) is 0 Å². The van der Waals surface area contributed by atoms with Crippen molar-refractivity contribution in [2.24, 2.45) is 5.41 Å². The fourth-order valence-electron chi connectivity index (χ4n) is 1.64. The third kappa shape index (κ3) is 3.56. The number of rotatable bonds is 2. The Morgan fingerprint density at radius 2 is 2.07 bits per heavy atom. The fourth-order valence-corrected chi connectivity index (χ4v) is 1.64. The van der Waals surface area contributed by atoms with Gasteiger partial charge in [0, 0.05) is 12.1 Å². The molecular weight excluding hydrogens is 178 g/mol. The molecule has 0 bridgehead atoms. The van der Waals surface area contributed by atoms with E-state index in [0.29, 0.717) is 12.1 Å². The van der Waals surface area contributed by atoms with Gasteiger partial charge in [0.25, 0.3) is 0 Å². The number of ether oxygens (including phenoxy) is 1. The van der Waals surface area contributed by atoms with E-state index >= 15 is 0 Å². The lowest BCUT2D eigenvalue weighted by atomic mass is 9.85. The molecule has 2 N–H and O–H groups in total. The van der Waals surface area contributed by atoms with Gasteiger partial charge in [0.05, 0.1) is 19.3 Å². The van der Waals surface area contributed by atoms with E-state index in [0.717, 1.165) is 19.6 Å². The second-order valence-corrected chi connectivity index (χ2v) is 5.42. The average Bonchev–Trinajstić information content (AvgIpc) is 2.02. The number of hydrogen-bond donors (Lipinski definition) is 2. The van der Waals surface area contributed by atoms with Crippen molar-refractivity contribution in [3.05, 3.63) is 0 Å². The smallest absolute Gasteiger partial charge is 0.0621 e. The van der Waals surface area contributed by atoms with Gasteiger partial charge < -0.3 is 15.2 Å². The molecule has 0 spiro atoms. The second-order valence-electron chi connectivity index (χ2n) is 5.42. The molecule has 1 aliphatic rings. The van der Waals surface area contributed by atoms with Crippen molar-refractivity contribution in [2.45, 2.75) is 52.3 Å². The monoisotopic (exact) mass is 201 g/mol. The first kappa shape index (κ1) is 12.0. The summed E-state index contributed by atoms with van der Waals surface area (Å²) in [4.78, 5) is 0. The summed E-state index contributed by atoms with van der Waals surface area (Å²) in [5.74, 6) is 0. The minimum absolute atomic E-state index is 0.0393. The maximum absolute atomic E-state index is 9.93. The number of aliphatic hydroxyl groups is 1. The topological polar surface area (TPSA) is 41.5 Å². The standard InChI is InChI=1S/C11H23NO2/c1-8-6-14-7-9(12-8)5-10(13)11(2,3)4/h8-10,12-13H,5-7H2,1-4H3. The van der Waals surface area contributed by atoms with Crippen LogP contribution in [0.2, 0.25) is 0 Å². The van der Waals surface area contributed by atoms with Crippen LogP contribution in [-0.4, -0.2) is 36.5 Å². The van der Waals surface area contributed by atoms with Gasteiger partial charge in [0.15, 0.2) is 0 Å². The Bertz CT molecular complexity index is 177. The van der Waals surface area contributed by atoms with Crippen molar-refractivity contribution in [3.8, 4) is 0 Å². The van der Waals surface area contributed by atoms with Crippen molar-refractivity contribution >= 4 is 0 Å². The van der Waals surface area contributed by atoms with Crippen LogP contribution >= 0.6 is 0 Å². The molecule has 1 aliphatic heterocycles. The zero-order valence-corrected chi connectivity index (χ0v) is 9.71. The van der Waals surface area contributed by atoms with Crippen molar-refractivity contribution in [2.75, 3.05) is 13.2 Å². The molecule has 3 nitrogen and oxygen atoms in total. The van der Waals surface area contributed by atoms with E-state index in [1.807, 2.05) is 0 Å². The van der Waals surface area contributed by atoms with Gasteiger partial charge in [-0.15, -0.1) is 0 Å². The Labute approximate surface area is 86.8 Å². The molecule has 1 rings (SSSR count). The van der Waals surface area contributed by atoms with E-state index in [-0.39, 0.29) is 11.5 Å². The van der Waals surface area contributed by atoms with Crippen LogP contribution in [0.3, 0.4) is 0 Å². The molecule has 3 heteroatoms. The van der Waals surface area contributed by atoms with Crippen LogP contribution in [0.5, 0.6) is 0 Å². The van der Waals surface area contributed by atoms with Gasteiger partial charge in [-0.25, -0.2) is 0 Å². The van der Waals surface area contributed by atoms with Crippen LogP contribution in [0.25, 0.3) is 0 Å².